The van der Waals surface area contributed by atoms with Crippen LogP contribution in [0.5, 0.6) is 0 Å². The van der Waals surface area contributed by atoms with Crippen LogP contribution < -0.4 is 0 Å². The molecule has 0 bridgehead atoms. The maximum Gasteiger partial charge on any atom is 0.326 e. The van der Waals surface area contributed by atoms with Crippen molar-refractivity contribution in [1.82, 2.24) is 9.80 Å². The first-order chi connectivity index (χ1) is 8.38. The number of carbonyl (C=O) groups excluding carboxylic acids is 1. The van der Waals surface area contributed by atoms with Gasteiger partial charge < -0.3 is 25.1 Å². The highest BCUT2D eigenvalue weighted by Gasteiger charge is 2.40. The summed E-state index contributed by atoms with van der Waals surface area (Å²) >= 11 is 0. The van der Waals surface area contributed by atoms with E-state index >= 15 is 0 Å². The second kappa shape index (κ2) is 6.01. The first-order valence-corrected chi connectivity index (χ1v) is 5.97. The van der Waals surface area contributed by atoms with Crippen molar-refractivity contribution < 1.29 is 24.9 Å². The fourth-order valence-corrected chi connectivity index (χ4v) is 2.11. The number of aliphatic hydroxyl groups excluding tert-OH is 2. The number of aliphatic carboxylic acids is 1. The molecule has 2 atom stereocenters. The molecule has 0 saturated carbocycles. The van der Waals surface area contributed by atoms with E-state index in [1.807, 2.05) is 0 Å². The Bertz CT molecular complexity index is 321. The number of hydrogen-bond donors (Lipinski definition) is 3. The molecule has 7 heteroatoms. The van der Waals surface area contributed by atoms with Crippen LogP contribution in [0.1, 0.15) is 20.3 Å². The highest BCUT2D eigenvalue weighted by atomic mass is 16.4. The number of nitrogens with zero attached hydrogens (tertiary/aromatic N) is 2. The molecule has 1 saturated heterocycles. The number of amides is 2. The fourth-order valence-electron chi connectivity index (χ4n) is 2.11. The van der Waals surface area contributed by atoms with E-state index < -0.39 is 24.1 Å². The number of likely N-dealkylation sites (tertiary alicyclic amines) is 1. The summed E-state index contributed by atoms with van der Waals surface area (Å²) in [5.74, 6) is -1.12. The molecule has 0 aromatic heterocycles. The van der Waals surface area contributed by atoms with Crippen LogP contribution in [-0.4, -0.2) is 75.0 Å². The molecule has 104 valence electrons. The van der Waals surface area contributed by atoms with Crippen LogP contribution in [0.2, 0.25) is 0 Å². The minimum atomic E-state index is -1.12. The standard InChI is InChI=1S/C11H20N2O5/c1-7(2)12(3-4-14)11(18)13-6-8(15)5-9(13)10(16)17/h7-9,14-15H,3-6H2,1-2H3,(H,16,17)/t8-,9-/m0/s1. The normalized spacial score (nSPS) is 23.5. The lowest BCUT2D eigenvalue weighted by Crippen LogP contribution is -2.51. The van der Waals surface area contributed by atoms with Crippen molar-refractivity contribution >= 4 is 12.0 Å². The average Bonchev–Trinajstić information content (AvgIpc) is 2.67. The zero-order valence-electron chi connectivity index (χ0n) is 10.6. The van der Waals surface area contributed by atoms with Crippen molar-refractivity contribution in [2.24, 2.45) is 0 Å². The molecule has 18 heavy (non-hydrogen) atoms. The molecule has 1 fully saturated rings. The summed E-state index contributed by atoms with van der Waals surface area (Å²) in [6.45, 7) is 3.56. The van der Waals surface area contributed by atoms with Crippen LogP contribution in [0.3, 0.4) is 0 Å². The molecule has 1 aliphatic rings. The van der Waals surface area contributed by atoms with Gasteiger partial charge in [-0.1, -0.05) is 0 Å². The first kappa shape index (κ1) is 14.7. The van der Waals surface area contributed by atoms with Gasteiger partial charge in [0.1, 0.15) is 6.04 Å². The van der Waals surface area contributed by atoms with Crippen molar-refractivity contribution in [3.63, 3.8) is 0 Å². The van der Waals surface area contributed by atoms with Gasteiger partial charge in [-0.3, -0.25) is 0 Å². The monoisotopic (exact) mass is 260 g/mol. The van der Waals surface area contributed by atoms with Crippen LogP contribution in [0.4, 0.5) is 4.79 Å². The minimum Gasteiger partial charge on any atom is -0.480 e. The molecule has 1 heterocycles. The van der Waals surface area contributed by atoms with E-state index in [4.69, 9.17) is 10.2 Å². The molecule has 0 unspecified atom stereocenters. The third-order valence-electron chi connectivity index (χ3n) is 3.02. The first-order valence-electron chi connectivity index (χ1n) is 5.97. The van der Waals surface area contributed by atoms with Gasteiger partial charge in [-0.15, -0.1) is 0 Å². The van der Waals surface area contributed by atoms with E-state index in [0.29, 0.717) is 0 Å². The maximum atomic E-state index is 12.2. The van der Waals surface area contributed by atoms with Crippen molar-refractivity contribution in [3.8, 4) is 0 Å². The topological polar surface area (TPSA) is 101 Å². The Morgan fingerprint density at radius 2 is 2.06 bits per heavy atom. The van der Waals surface area contributed by atoms with Crippen molar-refractivity contribution in [2.45, 2.75) is 38.5 Å². The predicted octanol–water partition coefficient (Wildman–Crippen LogP) is -0.671. The Labute approximate surface area is 106 Å². The highest BCUT2D eigenvalue weighted by Crippen LogP contribution is 2.20. The summed E-state index contributed by atoms with van der Waals surface area (Å²) in [5, 5.41) is 27.4. The van der Waals surface area contributed by atoms with E-state index in [0.717, 1.165) is 4.90 Å². The zero-order chi connectivity index (χ0) is 13.9. The molecule has 3 N–H and O–H groups in total. The van der Waals surface area contributed by atoms with Gasteiger partial charge in [0.15, 0.2) is 0 Å². The minimum absolute atomic E-state index is 0.0183. The van der Waals surface area contributed by atoms with Gasteiger partial charge in [-0.05, 0) is 13.8 Å². The van der Waals surface area contributed by atoms with Crippen molar-refractivity contribution in [1.29, 1.82) is 0 Å². The number of hydrogen-bond acceptors (Lipinski definition) is 4. The van der Waals surface area contributed by atoms with Crippen molar-refractivity contribution in [3.05, 3.63) is 0 Å². The Kier molecular flexibility index (Phi) is 4.92. The molecular formula is C11H20N2O5. The van der Waals surface area contributed by atoms with Crippen molar-refractivity contribution in [2.75, 3.05) is 19.7 Å². The number of carboxylic acids is 1. The van der Waals surface area contributed by atoms with Gasteiger partial charge in [0, 0.05) is 25.6 Å². The van der Waals surface area contributed by atoms with Gasteiger partial charge in [0.2, 0.25) is 0 Å². The molecule has 0 aromatic rings. The van der Waals surface area contributed by atoms with Gasteiger partial charge >= 0.3 is 12.0 Å². The van der Waals surface area contributed by atoms with Gasteiger partial charge in [-0.2, -0.15) is 0 Å². The Hall–Kier alpha value is -1.34. The summed E-state index contributed by atoms with van der Waals surface area (Å²) in [7, 11) is 0. The Morgan fingerprint density at radius 3 is 2.50 bits per heavy atom. The smallest absolute Gasteiger partial charge is 0.326 e. The summed E-state index contributed by atoms with van der Waals surface area (Å²) in [4.78, 5) is 25.8. The zero-order valence-corrected chi connectivity index (χ0v) is 10.6. The molecule has 0 spiro atoms. The second-order valence-electron chi connectivity index (χ2n) is 4.69. The SMILES string of the molecule is CC(C)N(CCO)C(=O)N1C[C@@H](O)C[C@H]1C(=O)O. The summed E-state index contributed by atoms with van der Waals surface area (Å²) in [6.07, 6.45) is -0.759. The van der Waals surface area contributed by atoms with Gasteiger partial charge in [-0.25, -0.2) is 9.59 Å². The average molecular weight is 260 g/mol. The van der Waals surface area contributed by atoms with E-state index in [-0.39, 0.29) is 32.2 Å². The predicted molar refractivity (Wildman–Crippen MR) is 63.1 cm³/mol. The molecule has 0 radical (unpaired) electrons. The molecular weight excluding hydrogens is 240 g/mol. The lowest BCUT2D eigenvalue weighted by Gasteiger charge is -2.32. The van der Waals surface area contributed by atoms with E-state index in [9.17, 15) is 14.7 Å². The third-order valence-corrected chi connectivity index (χ3v) is 3.02. The lowest BCUT2D eigenvalue weighted by atomic mass is 10.2. The lowest BCUT2D eigenvalue weighted by molar-refractivity contribution is -0.141. The largest absolute Gasteiger partial charge is 0.480 e. The second-order valence-corrected chi connectivity index (χ2v) is 4.69. The number of urea groups is 1. The molecule has 2 amide bonds. The van der Waals surface area contributed by atoms with E-state index in [1.54, 1.807) is 13.8 Å². The number of aliphatic hydroxyl groups is 2. The highest BCUT2D eigenvalue weighted by molar-refractivity contribution is 5.83. The van der Waals surface area contributed by atoms with Crippen LogP contribution in [0.25, 0.3) is 0 Å². The van der Waals surface area contributed by atoms with Gasteiger partial charge in [0.25, 0.3) is 0 Å². The van der Waals surface area contributed by atoms with Crippen LogP contribution in [-0.2, 0) is 4.79 Å². The number of carboxylic acid groups (broad SMARTS) is 1. The van der Waals surface area contributed by atoms with Crippen LogP contribution in [0.15, 0.2) is 0 Å². The number of rotatable bonds is 4. The van der Waals surface area contributed by atoms with Crippen LogP contribution in [0, 0.1) is 0 Å². The Morgan fingerprint density at radius 1 is 1.44 bits per heavy atom. The fraction of sp³-hybridized carbons (Fsp3) is 0.818. The third kappa shape index (κ3) is 3.11. The molecule has 0 aliphatic carbocycles. The molecule has 1 aliphatic heterocycles. The quantitative estimate of drug-likeness (QED) is 0.622. The number of β-amino-alcohol motifs (C(OH)–C–C–N with tert-alkyl or cyclic N) is 1. The summed E-state index contributed by atoms with van der Waals surface area (Å²) in [6, 6.07) is -1.59. The maximum absolute atomic E-state index is 12.2. The van der Waals surface area contributed by atoms with Crippen LogP contribution >= 0.6 is 0 Å². The molecule has 0 aromatic carbocycles. The van der Waals surface area contributed by atoms with E-state index in [2.05, 4.69) is 0 Å². The Balaban J connectivity index is 2.83. The summed E-state index contributed by atoms with van der Waals surface area (Å²) in [5.41, 5.74) is 0. The van der Waals surface area contributed by atoms with Gasteiger partial charge in [0.05, 0.1) is 12.7 Å². The molecule has 7 nitrogen and oxygen atoms in total. The number of carbonyl (C=O) groups is 2. The van der Waals surface area contributed by atoms with E-state index in [1.165, 1.54) is 4.90 Å². The summed E-state index contributed by atoms with van der Waals surface area (Å²) < 4.78 is 0. The molecule has 1 rings (SSSR count).